The van der Waals surface area contributed by atoms with Gasteiger partial charge in [-0.25, -0.2) is 9.78 Å². The Morgan fingerprint density at radius 3 is 2.26 bits per heavy atom. The lowest BCUT2D eigenvalue weighted by molar-refractivity contribution is -0.132. The summed E-state index contributed by atoms with van der Waals surface area (Å²) in [5, 5.41) is 11.6. The molecule has 0 aliphatic carbocycles. The number of carbonyl (C=O) groups excluding carboxylic acids is 3. The number of methoxy groups -OCH3 is 2. The van der Waals surface area contributed by atoms with Gasteiger partial charge in [-0.15, -0.1) is 0 Å². The van der Waals surface area contributed by atoms with Crippen molar-refractivity contribution >= 4 is 39.9 Å². The number of hydrogen-bond donors (Lipinski definition) is 1. The fourth-order valence-electron chi connectivity index (χ4n) is 4.70. The lowest BCUT2D eigenvalue weighted by Crippen LogP contribution is -2.29. The van der Waals surface area contributed by atoms with E-state index in [1.54, 1.807) is 55.5 Å². The number of carbonyl (C=O) groups is 3. The number of anilines is 1. The molecule has 4 aromatic rings. The Morgan fingerprint density at radius 1 is 0.952 bits per heavy atom. The molecule has 2 heterocycles. The number of aryl methyl sites for hydroxylation is 2. The zero-order valence-corrected chi connectivity index (χ0v) is 24.2. The predicted molar refractivity (Wildman–Crippen MR) is 158 cm³/mol. The molecule has 1 saturated heterocycles. The highest BCUT2D eigenvalue weighted by molar-refractivity contribution is 7.17. The molecule has 1 amide bonds. The summed E-state index contributed by atoms with van der Waals surface area (Å²) in [6, 6.07) is 20.4. The second-order valence-electron chi connectivity index (χ2n) is 9.58. The Balaban J connectivity index is 1.54. The van der Waals surface area contributed by atoms with E-state index < -0.39 is 23.7 Å². The number of aromatic nitrogens is 1. The molecule has 0 saturated carbocycles. The third-order valence-corrected chi connectivity index (χ3v) is 8.16. The predicted octanol–water partition coefficient (Wildman–Crippen LogP) is 5.76. The lowest BCUT2D eigenvalue weighted by Gasteiger charge is -2.23. The van der Waals surface area contributed by atoms with Gasteiger partial charge in [-0.1, -0.05) is 47.7 Å². The molecule has 1 aliphatic heterocycles. The number of thiazole rings is 1. The normalized spacial score (nSPS) is 16.0. The summed E-state index contributed by atoms with van der Waals surface area (Å²) in [6.07, 6.45) is 0. The molecular formula is C32H28N2O7S. The summed E-state index contributed by atoms with van der Waals surface area (Å²) in [4.78, 5) is 45.0. The monoisotopic (exact) mass is 584 g/mol. The molecule has 1 N–H and O–H groups in total. The van der Waals surface area contributed by atoms with Crippen LogP contribution in [0.1, 0.15) is 43.7 Å². The topological polar surface area (TPSA) is 115 Å². The molecule has 3 aromatic carbocycles. The quantitative estimate of drug-likeness (QED) is 0.120. The van der Waals surface area contributed by atoms with Crippen molar-refractivity contribution < 1.29 is 33.7 Å². The van der Waals surface area contributed by atoms with E-state index >= 15 is 0 Å². The Kier molecular flexibility index (Phi) is 8.08. The van der Waals surface area contributed by atoms with Gasteiger partial charge in [0.25, 0.3) is 5.78 Å². The van der Waals surface area contributed by atoms with Crippen LogP contribution in [0.5, 0.6) is 11.5 Å². The third kappa shape index (κ3) is 5.36. The Hall–Kier alpha value is -4.96. The van der Waals surface area contributed by atoms with Gasteiger partial charge in [-0.2, -0.15) is 0 Å². The van der Waals surface area contributed by atoms with Crippen LogP contribution in [-0.2, 0) is 20.9 Å². The van der Waals surface area contributed by atoms with E-state index in [-0.39, 0.29) is 21.3 Å². The maximum atomic E-state index is 13.5. The maximum absolute atomic E-state index is 13.5. The maximum Gasteiger partial charge on any atom is 0.350 e. The van der Waals surface area contributed by atoms with E-state index in [0.717, 1.165) is 22.5 Å². The van der Waals surface area contributed by atoms with Gasteiger partial charge >= 0.3 is 11.9 Å². The average molecular weight is 585 g/mol. The number of aliphatic hydroxyl groups is 1. The molecule has 1 atom stereocenters. The summed E-state index contributed by atoms with van der Waals surface area (Å²) in [5.74, 6) is -1.53. The van der Waals surface area contributed by atoms with Gasteiger partial charge in [0.2, 0.25) is 0 Å². The second kappa shape index (κ2) is 11.9. The van der Waals surface area contributed by atoms with Crippen LogP contribution in [0, 0.1) is 13.8 Å². The van der Waals surface area contributed by atoms with Gasteiger partial charge in [-0.05, 0) is 66.9 Å². The standard InChI is InChI=1S/C32H28N2O7S/c1-18-7-5-6-8-22(18)17-41-24-15-11-21(12-16-24)27(35)25-26(20-9-13-23(39-3)14-10-20)34(30(37)28(25)36)32-33-19(2)29(42-32)31(38)40-4/h5-16,26,35H,17H2,1-4H3. The Morgan fingerprint density at radius 2 is 1.62 bits per heavy atom. The highest BCUT2D eigenvalue weighted by atomic mass is 32.1. The van der Waals surface area contributed by atoms with Crippen LogP contribution in [0.2, 0.25) is 0 Å². The molecule has 0 spiro atoms. The number of rotatable bonds is 8. The van der Waals surface area contributed by atoms with Gasteiger partial charge in [-0.3, -0.25) is 14.5 Å². The first-order valence-corrected chi connectivity index (χ1v) is 13.8. The first-order valence-electron chi connectivity index (χ1n) is 13.0. The summed E-state index contributed by atoms with van der Waals surface area (Å²) < 4.78 is 16.0. The molecule has 1 aliphatic rings. The molecule has 214 valence electrons. The molecule has 0 radical (unpaired) electrons. The molecule has 1 aromatic heterocycles. The minimum absolute atomic E-state index is 0.105. The van der Waals surface area contributed by atoms with Crippen molar-refractivity contribution in [3.05, 3.63) is 111 Å². The van der Waals surface area contributed by atoms with E-state index in [4.69, 9.17) is 14.2 Å². The zero-order chi connectivity index (χ0) is 30.0. The molecule has 5 rings (SSSR count). The first kappa shape index (κ1) is 28.6. The Labute approximate surface area is 246 Å². The minimum atomic E-state index is -1.01. The minimum Gasteiger partial charge on any atom is -0.507 e. The second-order valence-corrected chi connectivity index (χ2v) is 10.6. The van der Waals surface area contributed by atoms with E-state index in [1.165, 1.54) is 19.1 Å². The van der Waals surface area contributed by atoms with Crippen molar-refractivity contribution in [1.29, 1.82) is 0 Å². The van der Waals surface area contributed by atoms with Crippen LogP contribution < -0.4 is 14.4 Å². The first-order chi connectivity index (χ1) is 20.2. The highest BCUT2D eigenvalue weighted by Crippen LogP contribution is 2.44. The average Bonchev–Trinajstić information content (AvgIpc) is 3.52. The smallest absolute Gasteiger partial charge is 0.350 e. The fraction of sp³-hybridized carbons (Fsp3) is 0.188. The molecule has 1 unspecified atom stereocenters. The van der Waals surface area contributed by atoms with Gasteiger partial charge in [0.15, 0.2) is 5.13 Å². The molecule has 42 heavy (non-hydrogen) atoms. The van der Waals surface area contributed by atoms with E-state index in [1.807, 2.05) is 31.2 Å². The summed E-state index contributed by atoms with van der Waals surface area (Å²) in [6.45, 7) is 4.01. The molecule has 1 fully saturated rings. The van der Waals surface area contributed by atoms with Crippen molar-refractivity contribution in [3.63, 3.8) is 0 Å². The third-order valence-electron chi connectivity index (χ3n) is 7.02. The summed E-state index contributed by atoms with van der Waals surface area (Å²) in [5.41, 5.74) is 3.30. The lowest BCUT2D eigenvalue weighted by atomic mass is 9.95. The number of ether oxygens (including phenoxy) is 3. The number of amides is 1. The molecule has 0 bridgehead atoms. The van der Waals surface area contributed by atoms with Crippen LogP contribution in [0.15, 0.2) is 78.4 Å². The van der Waals surface area contributed by atoms with Gasteiger partial charge < -0.3 is 19.3 Å². The highest BCUT2D eigenvalue weighted by Gasteiger charge is 2.48. The number of aliphatic hydroxyl groups excluding tert-OH is 1. The van der Waals surface area contributed by atoms with Crippen molar-refractivity contribution in [2.24, 2.45) is 0 Å². The van der Waals surface area contributed by atoms with Crippen LogP contribution >= 0.6 is 11.3 Å². The van der Waals surface area contributed by atoms with E-state index in [2.05, 4.69) is 4.98 Å². The number of hydrogen-bond acceptors (Lipinski definition) is 9. The number of ketones is 1. The van der Waals surface area contributed by atoms with Gasteiger partial charge in [0.05, 0.1) is 31.5 Å². The van der Waals surface area contributed by atoms with Crippen LogP contribution in [0.25, 0.3) is 5.76 Å². The van der Waals surface area contributed by atoms with Crippen LogP contribution in [-0.4, -0.2) is 42.0 Å². The van der Waals surface area contributed by atoms with Crippen molar-refractivity contribution in [2.45, 2.75) is 26.5 Å². The zero-order valence-electron chi connectivity index (χ0n) is 23.4. The molecule has 9 nitrogen and oxygen atoms in total. The van der Waals surface area contributed by atoms with Gasteiger partial charge in [0, 0.05) is 5.56 Å². The number of esters is 1. The van der Waals surface area contributed by atoms with Crippen LogP contribution in [0.3, 0.4) is 0 Å². The van der Waals surface area contributed by atoms with E-state index in [0.29, 0.717) is 34.9 Å². The van der Waals surface area contributed by atoms with Crippen LogP contribution in [0.4, 0.5) is 5.13 Å². The van der Waals surface area contributed by atoms with Crippen molar-refractivity contribution in [2.75, 3.05) is 19.1 Å². The number of benzene rings is 3. The Bertz CT molecular complexity index is 1690. The largest absolute Gasteiger partial charge is 0.507 e. The fourth-order valence-corrected chi connectivity index (χ4v) is 5.71. The van der Waals surface area contributed by atoms with E-state index in [9.17, 15) is 19.5 Å². The van der Waals surface area contributed by atoms with Crippen molar-refractivity contribution in [3.8, 4) is 11.5 Å². The SMILES string of the molecule is COC(=O)c1sc(N2C(=O)C(=O)C(=C(O)c3ccc(OCc4ccccc4C)cc3)C2c2ccc(OC)cc2)nc1C. The number of nitrogens with zero attached hydrogens (tertiary/aromatic N) is 2. The molecule has 10 heteroatoms. The number of Topliss-reactive ketones (excluding diaryl/α,β-unsaturated/α-hetero) is 1. The molecular weight excluding hydrogens is 556 g/mol. The summed E-state index contributed by atoms with van der Waals surface area (Å²) >= 11 is 0.939. The summed E-state index contributed by atoms with van der Waals surface area (Å²) in [7, 11) is 2.78. The van der Waals surface area contributed by atoms with Crippen molar-refractivity contribution in [1.82, 2.24) is 4.98 Å². The van der Waals surface area contributed by atoms with Gasteiger partial charge in [0.1, 0.15) is 28.7 Å².